The van der Waals surface area contributed by atoms with Crippen molar-refractivity contribution in [1.29, 1.82) is 0 Å². The number of carbonyl (C=O) groups excluding carboxylic acids is 1. The van der Waals surface area contributed by atoms with Crippen molar-refractivity contribution in [2.45, 2.75) is 38.5 Å². The van der Waals surface area contributed by atoms with Crippen molar-refractivity contribution in [3.63, 3.8) is 0 Å². The first-order valence-electron chi connectivity index (χ1n) is 7.50. The summed E-state index contributed by atoms with van der Waals surface area (Å²) >= 11 is 0. The maximum atomic E-state index is 12.4. The fourth-order valence-corrected chi connectivity index (χ4v) is 3.85. The number of hydrogen-bond acceptors (Lipinski definition) is 4. The molecule has 0 saturated carbocycles. The van der Waals surface area contributed by atoms with Gasteiger partial charge in [-0.25, -0.2) is 8.42 Å². The molecule has 0 aromatic heterocycles. The number of benzene rings is 1. The van der Waals surface area contributed by atoms with Crippen LogP contribution in [0.4, 0.5) is 8.78 Å². The number of rotatable bonds is 6. The van der Waals surface area contributed by atoms with Gasteiger partial charge in [-0.05, 0) is 37.5 Å². The Bertz CT molecular complexity index is 679. The van der Waals surface area contributed by atoms with Crippen LogP contribution >= 0.6 is 0 Å². The van der Waals surface area contributed by atoms with Gasteiger partial charge in [0.25, 0.3) is 0 Å². The van der Waals surface area contributed by atoms with E-state index < -0.39 is 22.7 Å². The Labute approximate surface area is 139 Å². The first-order chi connectivity index (χ1) is 11.2. The molecule has 1 aromatic carbocycles. The molecule has 6 nitrogen and oxygen atoms in total. The summed E-state index contributed by atoms with van der Waals surface area (Å²) in [4.78, 5) is 12.4. The monoisotopic (exact) mass is 362 g/mol. The van der Waals surface area contributed by atoms with Crippen LogP contribution in [0.1, 0.15) is 31.4 Å². The van der Waals surface area contributed by atoms with Gasteiger partial charge in [0.2, 0.25) is 15.9 Å². The van der Waals surface area contributed by atoms with Crippen LogP contribution in [0.2, 0.25) is 0 Å². The van der Waals surface area contributed by atoms with Gasteiger partial charge in [0.1, 0.15) is 11.8 Å². The molecule has 0 spiro atoms. The van der Waals surface area contributed by atoms with Gasteiger partial charge in [0.15, 0.2) is 0 Å². The highest BCUT2D eigenvalue weighted by atomic mass is 32.2. The SMILES string of the molecule is CC(NC(=O)C1CCCN1S(C)(=O)=O)c1ccc(OC(F)F)cc1. The first kappa shape index (κ1) is 18.6. The molecule has 0 radical (unpaired) electrons. The number of hydrogen-bond donors (Lipinski definition) is 1. The van der Waals surface area contributed by atoms with E-state index in [1.165, 1.54) is 16.4 Å². The van der Waals surface area contributed by atoms with Crippen LogP contribution in [0.5, 0.6) is 5.75 Å². The Morgan fingerprint density at radius 3 is 2.50 bits per heavy atom. The molecule has 0 aliphatic carbocycles. The summed E-state index contributed by atoms with van der Waals surface area (Å²) in [5, 5.41) is 2.77. The number of nitrogens with one attached hydrogen (secondary N) is 1. The molecule has 1 aliphatic rings. The summed E-state index contributed by atoms with van der Waals surface area (Å²) in [6.07, 6.45) is 2.20. The third kappa shape index (κ3) is 4.64. The van der Waals surface area contributed by atoms with E-state index in [4.69, 9.17) is 0 Å². The number of halogens is 2. The molecule has 2 atom stereocenters. The standard InChI is InChI=1S/C15H20F2N2O4S/c1-10(11-5-7-12(8-6-11)23-15(16)17)18-14(20)13-4-3-9-19(13)24(2,21)22/h5-8,10,13,15H,3-4,9H2,1-2H3,(H,18,20). The molecular weight excluding hydrogens is 342 g/mol. The Morgan fingerprint density at radius 2 is 1.96 bits per heavy atom. The van der Waals surface area contributed by atoms with Crippen LogP contribution in [0.3, 0.4) is 0 Å². The van der Waals surface area contributed by atoms with Gasteiger partial charge >= 0.3 is 6.61 Å². The highest BCUT2D eigenvalue weighted by Gasteiger charge is 2.36. The van der Waals surface area contributed by atoms with E-state index in [9.17, 15) is 22.0 Å². The van der Waals surface area contributed by atoms with Crippen LogP contribution in [-0.2, 0) is 14.8 Å². The van der Waals surface area contributed by atoms with Crippen LogP contribution in [0.15, 0.2) is 24.3 Å². The lowest BCUT2D eigenvalue weighted by Crippen LogP contribution is -2.46. The van der Waals surface area contributed by atoms with E-state index >= 15 is 0 Å². The molecule has 1 saturated heterocycles. The molecule has 1 amide bonds. The van der Waals surface area contributed by atoms with Gasteiger partial charge in [-0.1, -0.05) is 12.1 Å². The summed E-state index contributed by atoms with van der Waals surface area (Å²) in [6.45, 7) is -0.816. The van der Waals surface area contributed by atoms with E-state index in [0.717, 1.165) is 6.26 Å². The smallest absolute Gasteiger partial charge is 0.387 e. The predicted octanol–water partition coefficient (Wildman–Crippen LogP) is 1.89. The zero-order valence-corrected chi connectivity index (χ0v) is 14.2. The maximum absolute atomic E-state index is 12.4. The topological polar surface area (TPSA) is 75.7 Å². The Kier molecular flexibility index (Phi) is 5.76. The summed E-state index contributed by atoms with van der Waals surface area (Å²) in [6, 6.07) is 4.84. The highest BCUT2D eigenvalue weighted by molar-refractivity contribution is 7.88. The first-order valence-corrected chi connectivity index (χ1v) is 9.35. The van der Waals surface area contributed by atoms with Crippen LogP contribution in [0, 0.1) is 0 Å². The molecule has 24 heavy (non-hydrogen) atoms. The fraction of sp³-hybridized carbons (Fsp3) is 0.533. The molecule has 134 valence electrons. The lowest BCUT2D eigenvalue weighted by Gasteiger charge is -2.23. The van der Waals surface area contributed by atoms with Crippen molar-refractivity contribution < 1.29 is 26.7 Å². The summed E-state index contributed by atoms with van der Waals surface area (Å²) < 4.78 is 53.1. The third-order valence-electron chi connectivity index (χ3n) is 3.90. The Balaban J connectivity index is 2.01. The molecule has 1 aromatic rings. The van der Waals surface area contributed by atoms with Crippen LogP contribution in [-0.4, -0.2) is 44.1 Å². The van der Waals surface area contributed by atoms with Crippen LogP contribution in [0.25, 0.3) is 0 Å². The minimum Gasteiger partial charge on any atom is -0.435 e. The van der Waals surface area contributed by atoms with Crippen molar-refractivity contribution in [1.82, 2.24) is 9.62 Å². The number of alkyl halides is 2. The molecule has 2 rings (SSSR count). The van der Waals surface area contributed by atoms with Gasteiger partial charge in [-0.15, -0.1) is 0 Å². The molecule has 1 fully saturated rings. The van der Waals surface area contributed by atoms with E-state index in [1.807, 2.05) is 0 Å². The van der Waals surface area contributed by atoms with Gasteiger partial charge < -0.3 is 10.1 Å². The molecule has 1 N–H and O–H groups in total. The summed E-state index contributed by atoms with van der Waals surface area (Å²) in [5.74, 6) is -0.329. The summed E-state index contributed by atoms with van der Waals surface area (Å²) in [5.41, 5.74) is 0.703. The van der Waals surface area contributed by atoms with Crippen molar-refractivity contribution in [2.75, 3.05) is 12.8 Å². The number of amides is 1. The van der Waals surface area contributed by atoms with E-state index in [-0.39, 0.29) is 17.7 Å². The molecule has 9 heteroatoms. The lowest BCUT2D eigenvalue weighted by atomic mass is 10.1. The average Bonchev–Trinajstić information content (AvgIpc) is 2.97. The molecular formula is C15H20F2N2O4S. The maximum Gasteiger partial charge on any atom is 0.387 e. The van der Waals surface area contributed by atoms with Crippen molar-refractivity contribution >= 4 is 15.9 Å². The van der Waals surface area contributed by atoms with Crippen molar-refractivity contribution in [3.8, 4) is 5.75 Å². The normalized spacial score (nSPS) is 20.1. The number of ether oxygens (including phenoxy) is 1. The number of carbonyl (C=O) groups is 1. The largest absolute Gasteiger partial charge is 0.435 e. The van der Waals surface area contributed by atoms with Crippen molar-refractivity contribution in [3.05, 3.63) is 29.8 Å². The second kappa shape index (κ2) is 7.43. The van der Waals surface area contributed by atoms with Gasteiger partial charge in [0, 0.05) is 6.54 Å². The minimum atomic E-state index is -3.43. The van der Waals surface area contributed by atoms with Gasteiger partial charge in [0.05, 0.1) is 12.3 Å². The van der Waals surface area contributed by atoms with Crippen LogP contribution < -0.4 is 10.1 Å². The zero-order chi connectivity index (χ0) is 17.9. The molecule has 1 aliphatic heterocycles. The predicted molar refractivity (Wildman–Crippen MR) is 84.2 cm³/mol. The fourth-order valence-electron chi connectivity index (χ4n) is 2.73. The second-order valence-electron chi connectivity index (χ2n) is 5.71. The number of nitrogens with zero attached hydrogens (tertiary/aromatic N) is 1. The molecule has 2 unspecified atom stereocenters. The van der Waals surface area contributed by atoms with Gasteiger partial charge in [-0.2, -0.15) is 13.1 Å². The molecule has 1 heterocycles. The van der Waals surface area contributed by atoms with Gasteiger partial charge in [-0.3, -0.25) is 4.79 Å². The van der Waals surface area contributed by atoms with Crippen molar-refractivity contribution in [2.24, 2.45) is 0 Å². The minimum absolute atomic E-state index is 0.0336. The Hall–Kier alpha value is -1.74. The highest BCUT2D eigenvalue weighted by Crippen LogP contribution is 2.23. The van der Waals surface area contributed by atoms with E-state index in [2.05, 4.69) is 10.1 Å². The molecule has 0 bridgehead atoms. The zero-order valence-electron chi connectivity index (χ0n) is 13.4. The van der Waals surface area contributed by atoms with E-state index in [0.29, 0.717) is 24.9 Å². The quantitative estimate of drug-likeness (QED) is 0.839. The third-order valence-corrected chi connectivity index (χ3v) is 5.19. The summed E-state index contributed by atoms with van der Waals surface area (Å²) in [7, 11) is -3.43. The average molecular weight is 362 g/mol. The van der Waals surface area contributed by atoms with E-state index in [1.54, 1.807) is 19.1 Å². The number of sulfonamides is 1. The lowest BCUT2D eigenvalue weighted by molar-refractivity contribution is -0.124. The second-order valence-corrected chi connectivity index (χ2v) is 7.64. The Morgan fingerprint density at radius 1 is 1.33 bits per heavy atom.